The Morgan fingerprint density at radius 2 is 1.86 bits per heavy atom. The van der Waals surface area contributed by atoms with Gasteiger partial charge in [-0.3, -0.25) is 14.4 Å². The van der Waals surface area contributed by atoms with Crippen LogP contribution in [0.1, 0.15) is 43.5 Å². The van der Waals surface area contributed by atoms with E-state index in [1.807, 2.05) is 13.8 Å². The second-order valence-corrected chi connectivity index (χ2v) is 9.25. The molecule has 0 aliphatic carbocycles. The maximum atomic E-state index is 13.0. The van der Waals surface area contributed by atoms with Crippen LogP contribution in [0.2, 0.25) is 0 Å². The molecule has 0 bridgehead atoms. The molecule has 1 fully saturated rings. The number of primary sulfonamides is 1. The highest BCUT2D eigenvalue weighted by Gasteiger charge is 2.32. The van der Waals surface area contributed by atoms with Gasteiger partial charge in [0.05, 0.1) is 10.8 Å². The molecule has 9 nitrogen and oxygen atoms in total. The number of nitrogens with zero attached hydrogens (tertiary/aromatic N) is 1. The topological polar surface area (TPSA) is 147 Å². The summed E-state index contributed by atoms with van der Waals surface area (Å²) < 4.78 is 22.7. The van der Waals surface area contributed by atoms with Gasteiger partial charge in [0, 0.05) is 18.7 Å². The molecule has 29 heavy (non-hydrogen) atoms. The predicted molar refractivity (Wildman–Crippen MR) is 105 cm³/mol. The average molecular weight is 426 g/mol. The Bertz CT molecular complexity index is 866. The number of carbonyl (C=O) groups excluding carboxylic acids is 2. The van der Waals surface area contributed by atoms with Crippen LogP contribution in [0.5, 0.6) is 0 Å². The van der Waals surface area contributed by atoms with Gasteiger partial charge in [-0.05, 0) is 49.4 Å². The molecule has 2 rings (SSSR count). The van der Waals surface area contributed by atoms with Crippen molar-refractivity contribution in [2.45, 2.75) is 44.0 Å². The van der Waals surface area contributed by atoms with Gasteiger partial charge in [-0.15, -0.1) is 0 Å². The summed E-state index contributed by atoms with van der Waals surface area (Å²) in [5.41, 5.74) is 0.195. The second-order valence-electron chi connectivity index (χ2n) is 7.69. The van der Waals surface area contributed by atoms with Crippen molar-refractivity contribution < 1.29 is 27.9 Å². The molecule has 4 N–H and O–H groups in total. The molecule has 1 aliphatic rings. The van der Waals surface area contributed by atoms with Crippen molar-refractivity contribution in [3.05, 3.63) is 29.8 Å². The third-order valence-corrected chi connectivity index (χ3v) is 5.77. The van der Waals surface area contributed by atoms with Crippen molar-refractivity contribution in [2.24, 2.45) is 17.0 Å². The molecular formula is C19H27N3O6S. The molecule has 10 heteroatoms. The van der Waals surface area contributed by atoms with Gasteiger partial charge in [-0.2, -0.15) is 0 Å². The molecule has 1 saturated heterocycles. The number of piperidine rings is 1. The number of likely N-dealkylation sites (tertiary alicyclic amines) is 1. The minimum Gasteiger partial charge on any atom is -0.481 e. The number of hydrogen-bond acceptors (Lipinski definition) is 5. The van der Waals surface area contributed by atoms with E-state index in [1.165, 1.54) is 29.2 Å². The van der Waals surface area contributed by atoms with Crippen molar-refractivity contribution in [3.63, 3.8) is 0 Å². The number of amides is 2. The lowest BCUT2D eigenvalue weighted by Gasteiger charge is -2.34. The summed E-state index contributed by atoms with van der Waals surface area (Å²) in [4.78, 5) is 38.2. The van der Waals surface area contributed by atoms with Crippen LogP contribution in [0.4, 0.5) is 0 Å². The lowest BCUT2D eigenvalue weighted by molar-refractivity contribution is -0.146. The summed E-state index contributed by atoms with van der Waals surface area (Å²) >= 11 is 0. The normalized spacial score (nSPS) is 18.3. The highest BCUT2D eigenvalue weighted by molar-refractivity contribution is 7.89. The summed E-state index contributed by atoms with van der Waals surface area (Å²) in [7, 11) is -3.86. The molecule has 160 valence electrons. The molecule has 1 heterocycles. The molecule has 0 saturated carbocycles. The fourth-order valence-corrected chi connectivity index (χ4v) is 3.85. The minimum absolute atomic E-state index is 0.114. The average Bonchev–Trinajstić information content (AvgIpc) is 2.66. The minimum atomic E-state index is -3.86. The molecule has 0 spiro atoms. The van der Waals surface area contributed by atoms with E-state index < -0.39 is 33.9 Å². The fourth-order valence-electron chi connectivity index (χ4n) is 3.33. The molecular weight excluding hydrogens is 398 g/mol. The zero-order chi connectivity index (χ0) is 21.8. The lowest BCUT2D eigenvalue weighted by atomic mass is 9.96. The second kappa shape index (κ2) is 9.36. The van der Waals surface area contributed by atoms with E-state index in [-0.39, 0.29) is 28.8 Å². The Morgan fingerprint density at radius 3 is 2.38 bits per heavy atom. The zero-order valence-electron chi connectivity index (χ0n) is 16.5. The highest BCUT2D eigenvalue weighted by atomic mass is 32.2. The maximum Gasteiger partial charge on any atom is 0.308 e. The first-order valence-corrected chi connectivity index (χ1v) is 11.0. The smallest absolute Gasteiger partial charge is 0.308 e. The first-order chi connectivity index (χ1) is 13.5. The van der Waals surface area contributed by atoms with E-state index in [0.29, 0.717) is 25.8 Å². The monoisotopic (exact) mass is 425 g/mol. The van der Waals surface area contributed by atoms with Crippen LogP contribution in [0.15, 0.2) is 29.2 Å². The van der Waals surface area contributed by atoms with Gasteiger partial charge < -0.3 is 15.3 Å². The first kappa shape index (κ1) is 22.8. The van der Waals surface area contributed by atoms with E-state index >= 15 is 0 Å². The third-order valence-electron chi connectivity index (χ3n) is 4.84. The Hall–Kier alpha value is -2.46. The molecule has 2 amide bonds. The van der Waals surface area contributed by atoms with Crippen LogP contribution in [0, 0.1) is 11.8 Å². The van der Waals surface area contributed by atoms with E-state index in [0.717, 1.165) is 0 Å². The Labute approximate surface area is 170 Å². The molecule has 1 aliphatic heterocycles. The van der Waals surface area contributed by atoms with Crippen LogP contribution < -0.4 is 10.5 Å². The van der Waals surface area contributed by atoms with Crippen LogP contribution in [0.25, 0.3) is 0 Å². The number of benzene rings is 1. The van der Waals surface area contributed by atoms with Crippen molar-refractivity contribution in [3.8, 4) is 0 Å². The molecule has 2 atom stereocenters. The van der Waals surface area contributed by atoms with Gasteiger partial charge in [0.15, 0.2) is 0 Å². The van der Waals surface area contributed by atoms with Crippen LogP contribution >= 0.6 is 0 Å². The van der Waals surface area contributed by atoms with Crippen molar-refractivity contribution in [2.75, 3.05) is 13.1 Å². The van der Waals surface area contributed by atoms with Crippen molar-refractivity contribution in [1.29, 1.82) is 0 Å². The van der Waals surface area contributed by atoms with Crippen LogP contribution in [0.3, 0.4) is 0 Å². The van der Waals surface area contributed by atoms with Gasteiger partial charge in [0.25, 0.3) is 5.91 Å². The van der Waals surface area contributed by atoms with E-state index in [2.05, 4.69) is 5.32 Å². The molecule has 1 aromatic carbocycles. The standard InChI is InChI=1S/C19H27N3O6S/c1-12(2)10-16(18(24)22-9-3-4-14(11-22)19(25)26)21-17(23)13-5-7-15(8-6-13)29(20,27)28/h5-8,12,14,16H,3-4,9-11H2,1-2H3,(H,21,23)(H,25,26)(H2,20,27,28)/t14?,16-/m0/s1. The number of nitrogens with one attached hydrogen (secondary N) is 1. The quantitative estimate of drug-likeness (QED) is 0.589. The maximum absolute atomic E-state index is 13.0. The highest BCUT2D eigenvalue weighted by Crippen LogP contribution is 2.19. The Balaban J connectivity index is 2.14. The third kappa shape index (κ3) is 6.26. The van der Waals surface area contributed by atoms with Gasteiger partial charge in [0.2, 0.25) is 15.9 Å². The van der Waals surface area contributed by atoms with Crippen LogP contribution in [-0.2, 0) is 19.6 Å². The summed E-state index contributed by atoms with van der Waals surface area (Å²) in [6.07, 6.45) is 1.52. The zero-order valence-corrected chi connectivity index (χ0v) is 17.3. The summed E-state index contributed by atoms with van der Waals surface area (Å²) in [6, 6.07) is 4.31. The van der Waals surface area contributed by atoms with Gasteiger partial charge >= 0.3 is 5.97 Å². The number of rotatable bonds is 7. The summed E-state index contributed by atoms with van der Waals surface area (Å²) in [5.74, 6) is -2.24. The number of hydrogen-bond donors (Lipinski definition) is 3. The lowest BCUT2D eigenvalue weighted by Crippen LogP contribution is -2.52. The SMILES string of the molecule is CC(C)C[C@H](NC(=O)c1ccc(S(N)(=O)=O)cc1)C(=O)N1CCCC(C(=O)O)C1. The number of sulfonamides is 1. The van der Waals surface area contributed by atoms with E-state index in [4.69, 9.17) is 5.14 Å². The fraction of sp³-hybridized carbons (Fsp3) is 0.526. The first-order valence-electron chi connectivity index (χ1n) is 9.44. The number of aliphatic carboxylic acids is 1. The van der Waals surface area contributed by atoms with Gasteiger partial charge in [-0.25, -0.2) is 13.6 Å². The molecule has 1 aromatic rings. The van der Waals surface area contributed by atoms with E-state index in [9.17, 15) is 27.9 Å². The largest absolute Gasteiger partial charge is 0.481 e. The van der Waals surface area contributed by atoms with Crippen molar-refractivity contribution in [1.82, 2.24) is 10.2 Å². The van der Waals surface area contributed by atoms with Gasteiger partial charge in [0.1, 0.15) is 6.04 Å². The Kier molecular flexibility index (Phi) is 7.37. The Morgan fingerprint density at radius 1 is 1.24 bits per heavy atom. The molecule has 0 radical (unpaired) electrons. The van der Waals surface area contributed by atoms with E-state index in [1.54, 1.807) is 0 Å². The molecule has 0 aromatic heterocycles. The number of nitrogens with two attached hydrogens (primary N) is 1. The summed E-state index contributed by atoms with van der Waals surface area (Å²) in [5, 5.41) is 17.0. The van der Waals surface area contributed by atoms with Crippen LogP contribution in [-0.4, -0.2) is 55.3 Å². The predicted octanol–water partition coefficient (Wildman–Crippen LogP) is 0.802. The number of carboxylic acid groups (broad SMARTS) is 1. The number of carbonyl (C=O) groups is 3. The molecule has 1 unspecified atom stereocenters. The van der Waals surface area contributed by atoms with Crippen molar-refractivity contribution >= 4 is 27.8 Å². The van der Waals surface area contributed by atoms with Gasteiger partial charge in [-0.1, -0.05) is 13.8 Å². The number of carboxylic acids is 1. The summed E-state index contributed by atoms with van der Waals surface area (Å²) in [6.45, 7) is 4.42.